The Morgan fingerprint density at radius 3 is 2.23 bits per heavy atom. The van der Waals surface area contributed by atoms with Gasteiger partial charge in [-0.2, -0.15) is 0 Å². The van der Waals surface area contributed by atoms with E-state index in [4.69, 9.17) is 4.98 Å². The van der Waals surface area contributed by atoms with Gasteiger partial charge in [0.15, 0.2) is 5.16 Å². The molecule has 4 aliphatic rings. The highest BCUT2D eigenvalue weighted by Crippen LogP contribution is 2.45. The molecule has 8 heteroatoms. The van der Waals surface area contributed by atoms with Crippen LogP contribution in [0.5, 0.6) is 0 Å². The van der Waals surface area contributed by atoms with Gasteiger partial charge in [0.05, 0.1) is 17.3 Å². The van der Waals surface area contributed by atoms with Gasteiger partial charge in [-0.25, -0.2) is 4.98 Å². The molecule has 0 radical (unpaired) electrons. The zero-order valence-corrected chi connectivity index (χ0v) is 22.8. The molecule has 6 atom stereocenters. The highest BCUT2D eigenvalue weighted by molar-refractivity contribution is 7.99. The van der Waals surface area contributed by atoms with Gasteiger partial charge in [-0.3, -0.25) is 14.9 Å². The summed E-state index contributed by atoms with van der Waals surface area (Å²) in [7, 11) is 0. The predicted octanol–water partition coefficient (Wildman–Crippen LogP) is 5.01. The molecule has 2 saturated carbocycles. The summed E-state index contributed by atoms with van der Waals surface area (Å²) in [6.45, 7) is 0. The van der Waals surface area contributed by atoms with Crippen molar-refractivity contribution in [3.63, 3.8) is 0 Å². The molecule has 2 aliphatic carbocycles. The number of thioether (sulfide) groups is 1. The number of nitrogens with one attached hydrogen (secondary N) is 3. The molecule has 7 rings (SSSR count). The lowest BCUT2D eigenvalue weighted by atomic mass is 9.86. The quantitative estimate of drug-likeness (QED) is 0.395. The van der Waals surface area contributed by atoms with Gasteiger partial charge in [0.2, 0.25) is 5.91 Å². The fourth-order valence-electron chi connectivity index (χ4n) is 7.03. The van der Waals surface area contributed by atoms with E-state index in [0.29, 0.717) is 5.69 Å². The van der Waals surface area contributed by atoms with Gasteiger partial charge in [-0.05, 0) is 31.2 Å². The van der Waals surface area contributed by atoms with Crippen molar-refractivity contribution in [1.82, 2.24) is 25.5 Å². The number of imidazole rings is 1. The Bertz CT molecular complexity index is 1360. The van der Waals surface area contributed by atoms with Crippen molar-refractivity contribution in [2.24, 2.45) is 0 Å². The standard InChI is InChI=1S/C31H35N5O2S/c37-29-26(32-21-15-7-8-16-22(21)33-29)28(20-13-5-2-6-14-20)39-31-35-25(19-11-3-1-4-12-19)27-30(38)34-23-17-9-10-18-24(23)36(27)31/h1-6,11-14,21-24,26,28,32H,7-10,15-18H2,(H,33,37)(H,34,38). The van der Waals surface area contributed by atoms with Crippen LogP contribution >= 0.6 is 11.8 Å². The van der Waals surface area contributed by atoms with Crippen molar-refractivity contribution >= 4 is 23.6 Å². The number of carbonyl (C=O) groups is 2. The minimum absolute atomic E-state index is 0.0498. The summed E-state index contributed by atoms with van der Waals surface area (Å²) >= 11 is 1.63. The van der Waals surface area contributed by atoms with Crippen LogP contribution in [0.3, 0.4) is 0 Å². The zero-order chi connectivity index (χ0) is 26.3. The first-order chi connectivity index (χ1) is 19.2. The number of amides is 2. The number of benzene rings is 2. The summed E-state index contributed by atoms with van der Waals surface area (Å²) in [6.07, 6.45) is 8.72. The Kier molecular flexibility index (Phi) is 6.68. The monoisotopic (exact) mass is 541 g/mol. The molecule has 202 valence electrons. The molecule has 3 fully saturated rings. The SMILES string of the molecule is O=C1NC2CCCCC2n2c(SC(c3ccccc3)C3NC4CCCCC4NC3=O)nc(-c3ccccc3)c21. The maximum absolute atomic E-state index is 13.6. The van der Waals surface area contributed by atoms with Gasteiger partial charge < -0.3 is 15.2 Å². The van der Waals surface area contributed by atoms with Crippen LogP contribution in [-0.4, -0.2) is 45.5 Å². The number of hydrogen-bond acceptors (Lipinski definition) is 5. The summed E-state index contributed by atoms with van der Waals surface area (Å²) in [5.74, 6) is 0.00712. The second-order valence-electron chi connectivity index (χ2n) is 11.4. The molecule has 7 nitrogen and oxygen atoms in total. The highest BCUT2D eigenvalue weighted by Gasteiger charge is 2.44. The molecule has 0 bridgehead atoms. The third-order valence-electron chi connectivity index (χ3n) is 8.95. The first-order valence-corrected chi connectivity index (χ1v) is 15.3. The second-order valence-corrected chi connectivity index (χ2v) is 12.5. The van der Waals surface area contributed by atoms with Crippen molar-refractivity contribution < 1.29 is 9.59 Å². The summed E-state index contributed by atoms with van der Waals surface area (Å²) in [5.41, 5.74) is 3.39. The summed E-state index contributed by atoms with van der Waals surface area (Å²) in [5, 5.41) is 11.0. The molecule has 39 heavy (non-hydrogen) atoms. The van der Waals surface area contributed by atoms with E-state index >= 15 is 0 Å². The van der Waals surface area contributed by atoms with Crippen molar-refractivity contribution in [2.75, 3.05) is 0 Å². The van der Waals surface area contributed by atoms with Gasteiger partial charge in [-0.15, -0.1) is 0 Å². The van der Waals surface area contributed by atoms with Crippen molar-refractivity contribution in [3.05, 3.63) is 71.9 Å². The van der Waals surface area contributed by atoms with Gasteiger partial charge in [0.25, 0.3) is 5.91 Å². The first-order valence-electron chi connectivity index (χ1n) is 14.4. The van der Waals surface area contributed by atoms with E-state index in [1.807, 2.05) is 48.5 Å². The van der Waals surface area contributed by atoms with Crippen LogP contribution < -0.4 is 16.0 Å². The molecule has 2 amide bonds. The average molecular weight is 542 g/mol. The van der Waals surface area contributed by atoms with E-state index in [2.05, 4.69) is 32.7 Å². The molecule has 3 N–H and O–H groups in total. The van der Waals surface area contributed by atoms with Crippen molar-refractivity contribution in [3.8, 4) is 11.3 Å². The van der Waals surface area contributed by atoms with Crippen LogP contribution in [0.2, 0.25) is 0 Å². The summed E-state index contributed by atoms with van der Waals surface area (Å²) < 4.78 is 2.22. The fraction of sp³-hybridized carbons (Fsp3) is 0.452. The van der Waals surface area contributed by atoms with E-state index in [0.717, 1.165) is 66.9 Å². The number of nitrogens with zero attached hydrogens (tertiary/aromatic N) is 2. The third kappa shape index (κ3) is 4.57. The number of hydrogen-bond donors (Lipinski definition) is 3. The van der Waals surface area contributed by atoms with Crippen LogP contribution in [0.25, 0.3) is 11.3 Å². The molecular weight excluding hydrogens is 506 g/mol. The maximum Gasteiger partial charge on any atom is 0.270 e. The number of aromatic nitrogens is 2. The Hall–Kier alpha value is -3.10. The number of piperazine rings is 1. The molecule has 1 aromatic heterocycles. The second kappa shape index (κ2) is 10.5. The van der Waals surface area contributed by atoms with Crippen LogP contribution in [0.4, 0.5) is 0 Å². The zero-order valence-electron chi connectivity index (χ0n) is 22.0. The van der Waals surface area contributed by atoms with E-state index in [1.54, 1.807) is 11.8 Å². The van der Waals surface area contributed by atoms with Gasteiger partial charge in [0.1, 0.15) is 17.4 Å². The number of carbonyl (C=O) groups excluding carboxylic acids is 2. The van der Waals surface area contributed by atoms with Crippen LogP contribution in [0.1, 0.15) is 78.7 Å². The lowest BCUT2D eigenvalue weighted by Gasteiger charge is -2.43. The summed E-state index contributed by atoms with van der Waals surface area (Å²) in [4.78, 5) is 32.3. The molecule has 0 spiro atoms. The average Bonchev–Trinajstić information content (AvgIpc) is 3.37. The van der Waals surface area contributed by atoms with E-state index in [-0.39, 0.29) is 47.3 Å². The van der Waals surface area contributed by atoms with Gasteiger partial charge in [-0.1, -0.05) is 98.1 Å². The number of fused-ring (bicyclic) bond motifs is 4. The van der Waals surface area contributed by atoms with E-state index < -0.39 is 0 Å². The summed E-state index contributed by atoms with van der Waals surface area (Å²) in [6, 6.07) is 20.7. The number of rotatable bonds is 5. The Morgan fingerprint density at radius 1 is 0.795 bits per heavy atom. The molecule has 3 aromatic rings. The van der Waals surface area contributed by atoms with Gasteiger partial charge in [0, 0.05) is 17.6 Å². The van der Waals surface area contributed by atoms with Crippen molar-refractivity contribution in [1.29, 1.82) is 0 Å². The molecule has 6 unspecified atom stereocenters. The lowest BCUT2D eigenvalue weighted by Crippen LogP contribution is -2.65. The van der Waals surface area contributed by atoms with Crippen LogP contribution in [0, 0.1) is 0 Å². The largest absolute Gasteiger partial charge is 0.350 e. The smallest absolute Gasteiger partial charge is 0.270 e. The van der Waals surface area contributed by atoms with Crippen LogP contribution in [0.15, 0.2) is 65.8 Å². The maximum atomic E-state index is 13.6. The molecule has 2 aromatic carbocycles. The molecular formula is C31H35N5O2S. The lowest BCUT2D eigenvalue weighted by molar-refractivity contribution is -0.126. The molecule has 3 heterocycles. The minimum Gasteiger partial charge on any atom is -0.350 e. The van der Waals surface area contributed by atoms with Crippen molar-refractivity contribution in [2.45, 2.75) is 92.0 Å². The fourth-order valence-corrected chi connectivity index (χ4v) is 8.38. The first kappa shape index (κ1) is 24.9. The highest BCUT2D eigenvalue weighted by atomic mass is 32.2. The predicted molar refractivity (Wildman–Crippen MR) is 153 cm³/mol. The van der Waals surface area contributed by atoms with E-state index in [9.17, 15) is 9.59 Å². The Labute approximate surface area is 233 Å². The third-order valence-corrected chi connectivity index (χ3v) is 10.2. The Morgan fingerprint density at radius 2 is 1.46 bits per heavy atom. The minimum atomic E-state index is -0.385. The Balaban J connectivity index is 1.33. The van der Waals surface area contributed by atoms with Crippen LogP contribution in [-0.2, 0) is 4.79 Å². The topological polar surface area (TPSA) is 88.0 Å². The van der Waals surface area contributed by atoms with Gasteiger partial charge >= 0.3 is 0 Å². The molecule has 2 aliphatic heterocycles. The molecule has 1 saturated heterocycles. The normalized spacial score (nSPS) is 28.9. The van der Waals surface area contributed by atoms with E-state index in [1.165, 1.54) is 6.42 Å².